The van der Waals surface area contributed by atoms with Gasteiger partial charge in [0.1, 0.15) is 5.75 Å². The van der Waals surface area contributed by atoms with E-state index >= 15 is 0 Å². The second kappa shape index (κ2) is 6.63. The highest BCUT2D eigenvalue weighted by Crippen LogP contribution is 2.29. The Labute approximate surface area is 135 Å². The number of rotatable bonds is 4. The largest absolute Gasteiger partial charge is 0.506 e. The molecule has 0 spiro atoms. The molecule has 2 nitrogen and oxygen atoms in total. The maximum Gasteiger partial charge on any atom is 0.133 e. The molecule has 0 bridgehead atoms. The Morgan fingerprint density at radius 3 is 2.36 bits per heavy atom. The summed E-state index contributed by atoms with van der Waals surface area (Å²) in [5.74, 6) is 0.361. The van der Waals surface area contributed by atoms with Gasteiger partial charge in [0, 0.05) is 23.1 Å². The molecule has 1 N–H and O–H groups in total. The number of pyridine rings is 1. The fourth-order valence-electron chi connectivity index (χ4n) is 2.58. The first-order valence-electron chi connectivity index (χ1n) is 7.16. The molecule has 0 radical (unpaired) electrons. The minimum atomic E-state index is 0.178. The molecule has 2 aromatic carbocycles. The molecule has 1 heterocycles. The van der Waals surface area contributed by atoms with Crippen LogP contribution in [0.2, 0.25) is 5.02 Å². The normalized spacial score (nSPS) is 12.0. The summed E-state index contributed by atoms with van der Waals surface area (Å²) < 4.78 is 0. The lowest BCUT2D eigenvalue weighted by atomic mass is 9.87. The number of aromatic nitrogens is 1. The molecule has 0 aliphatic rings. The lowest BCUT2D eigenvalue weighted by Crippen LogP contribution is -2.06. The number of hydrogen-bond donors (Lipinski definition) is 1. The Bertz CT molecular complexity index is 741. The van der Waals surface area contributed by atoms with Gasteiger partial charge in [-0.25, -0.2) is 0 Å². The van der Waals surface area contributed by atoms with Crippen molar-refractivity contribution in [1.29, 1.82) is 0 Å². The number of aromatic hydroxyl groups is 1. The molecule has 0 amide bonds. The van der Waals surface area contributed by atoms with E-state index < -0.39 is 0 Å². The molecule has 0 fully saturated rings. The Morgan fingerprint density at radius 1 is 0.909 bits per heavy atom. The summed E-state index contributed by atoms with van der Waals surface area (Å²) >= 11 is 6.15. The van der Waals surface area contributed by atoms with Gasteiger partial charge in [-0.1, -0.05) is 54.1 Å². The van der Waals surface area contributed by atoms with Crippen molar-refractivity contribution < 1.29 is 5.11 Å². The molecule has 1 unspecified atom stereocenters. The van der Waals surface area contributed by atoms with E-state index in [-0.39, 0.29) is 11.7 Å². The van der Waals surface area contributed by atoms with Gasteiger partial charge in [-0.15, -0.1) is 0 Å². The summed E-state index contributed by atoms with van der Waals surface area (Å²) in [6, 6.07) is 21.8. The third-order valence-electron chi connectivity index (χ3n) is 3.68. The smallest absolute Gasteiger partial charge is 0.133 e. The van der Waals surface area contributed by atoms with Crippen LogP contribution in [-0.4, -0.2) is 10.1 Å². The fourth-order valence-corrected chi connectivity index (χ4v) is 2.78. The highest BCUT2D eigenvalue weighted by Gasteiger charge is 2.16. The molecule has 0 saturated carbocycles. The monoisotopic (exact) mass is 309 g/mol. The molecule has 22 heavy (non-hydrogen) atoms. The quantitative estimate of drug-likeness (QED) is 0.750. The van der Waals surface area contributed by atoms with Gasteiger partial charge in [0.2, 0.25) is 0 Å². The number of halogens is 1. The maximum absolute atomic E-state index is 9.38. The van der Waals surface area contributed by atoms with E-state index in [4.69, 9.17) is 11.6 Å². The third-order valence-corrected chi connectivity index (χ3v) is 3.91. The molecule has 0 aliphatic heterocycles. The fraction of sp³-hybridized carbons (Fsp3) is 0.105. The average Bonchev–Trinajstić information content (AvgIpc) is 2.55. The van der Waals surface area contributed by atoms with Crippen LogP contribution in [0.25, 0.3) is 0 Å². The SMILES string of the molecule is Oc1ccc(CC(c2ccccc2)c2cccc(Cl)c2)nc1. The van der Waals surface area contributed by atoms with E-state index in [1.54, 1.807) is 6.07 Å². The van der Waals surface area contributed by atoms with E-state index in [2.05, 4.69) is 23.2 Å². The zero-order valence-electron chi connectivity index (χ0n) is 12.0. The van der Waals surface area contributed by atoms with Gasteiger partial charge in [-0.3, -0.25) is 4.98 Å². The van der Waals surface area contributed by atoms with Gasteiger partial charge in [-0.05, 0) is 35.4 Å². The van der Waals surface area contributed by atoms with E-state index in [1.807, 2.05) is 42.5 Å². The summed E-state index contributed by atoms with van der Waals surface area (Å²) in [5, 5.41) is 10.1. The number of hydrogen-bond acceptors (Lipinski definition) is 2. The predicted octanol–water partition coefficient (Wildman–Crippen LogP) is 4.82. The van der Waals surface area contributed by atoms with Crippen LogP contribution in [0.5, 0.6) is 5.75 Å². The Kier molecular flexibility index (Phi) is 4.40. The minimum Gasteiger partial charge on any atom is -0.506 e. The second-order valence-electron chi connectivity index (χ2n) is 5.23. The third kappa shape index (κ3) is 3.46. The summed E-state index contributed by atoms with van der Waals surface area (Å²) in [6.45, 7) is 0. The van der Waals surface area contributed by atoms with Crippen molar-refractivity contribution in [3.05, 3.63) is 94.8 Å². The first kappa shape index (κ1) is 14.6. The molecule has 0 aliphatic carbocycles. The molecular formula is C19H16ClNO. The van der Waals surface area contributed by atoms with Gasteiger partial charge in [-0.2, -0.15) is 0 Å². The van der Waals surface area contributed by atoms with Crippen LogP contribution >= 0.6 is 11.6 Å². The zero-order valence-corrected chi connectivity index (χ0v) is 12.7. The molecule has 1 aromatic heterocycles. The van der Waals surface area contributed by atoms with Gasteiger partial charge in [0.25, 0.3) is 0 Å². The Morgan fingerprint density at radius 2 is 1.68 bits per heavy atom. The minimum absolute atomic E-state index is 0.178. The van der Waals surface area contributed by atoms with Gasteiger partial charge < -0.3 is 5.11 Å². The molecule has 0 saturated heterocycles. The summed E-state index contributed by atoms with van der Waals surface area (Å²) in [5.41, 5.74) is 3.32. The van der Waals surface area contributed by atoms with Gasteiger partial charge in [0.05, 0.1) is 6.20 Å². The molecule has 3 rings (SSSR count). The summed E-state index contributed by atoms with van der Waals surface area (Å²) in [6.07, 6.45) is 2.24. The van der Waals surface area contributed by atoms with Crippen LogP contribution < -0.4 is 0 Å². The lowest BCUT2D eigenvalue weighted by molar-refractivity contribution is 0.472. The summed E-state index contributed by atoms with van der Waals surface area (Å²) in [4.78, 5) is 4.31. The highest BCUT2D eigenvalue weighted by molar-refractivity contribution is 6.30. The van der Waals surface area contributed by atoms with Crippen LogP contribution in [0.15, 0.2) is 72.9 Å². The Hall–Kier alpha value is -2.32. The van der Waals surface area contributed by atoms with Crippen molar-refractivity contribution in [2.24, 2.45) is 0 Å². The zero-order chi connectivity index (χ0) is 15.4. The predicted molar refractivity (Wildman–Crippen MR) is 89.3 cm³/mol. The molecular weight excluding hydrogens is 294 g/mol. The highest BCUT2D eigenvalue weighted by atomic mass is 35.5. The molecule has 1 atom stereocenters. The van der Waals surface area contributed by atoms with Crippen LogP contribution in [0.3, 0.4) is 0 Å². The van der Waals surface area contributed by atoms with Crippen LogP contribution in [0.4, 0.5) is 0 Å². The summed E-state index contributed by atoms with van der Waals surface area (Å²) in [7, 11) is 0. The van der Waals surface area contributed by atoms with Crippen molar-refractivity contribution >= 4 is 11.6 Å². The molecule has 3 aromatic rings. The van der Waals surface area contributed by atoms with Crippen molar-refractivity contribution in [3.8, 4) is 5.75 Å². The topological polar surface area (TPSA) is 33.1 Å². The van der Waals surface area contributed by atoms with E-state index in [0.29, 0.717) is 0 Å². The van der Waals surface area contributed by atoms with E-state index in [9.17, 15) is 5.11 Å². The number of benzene rings is 2. The van der Waals surface area contributed by atoms with Crippen molar-refractivity contribution in [2.75, 3.05) is 0 Å². The molecule has 110 valence electrons. The average molecular weight is 310 g/mol. The van der Waals surface area contributed by atoms with Crippen LogP contribution in [-0.2, 0) is 6.42 Å². The Balaban J connectivity index is 1.98. The van der Waals surface area contributed by atoms with Crippen molar-refractivity contribution in [3.63, 3.8) is 0 Å². The standard InChI is InChI=1S/C19H16ClNO/c20-16-8-4-7-15(11-16)19(14-5-2-1-3-6-14)12-17-9-10-18(22)13-21-17/h1-11,13,19,22H,12H2. The van der Waals surface area contributed by atoms with Gasteiger partial charge >= 0.3 is 0 Å². The second-order valence-corrected chi connectivity index (χ2v) is 5.67. The van der Waals surface area contributed by atoms with E-state index in [0.717, 1.165) is 22.7 Å². The van der Waals surface area contributed by atoms with Crippen molar-refractivity contribution in [2.45, 2.75) is 12.3 Å². The lowest BCUT2D eigenvalue weighted by Gasteiger charge is -2.18. The number of nitrogens with zero attached hydrogens (tertiary/aromatic N) is 1. The van der Waals surface area contributed by atoms with Crippen molar-refractivity contribution in [1.82, 2.24) is 4.98 Å². The first-order chi connectivity index (χ1) is 10.7. The van der Waals surface area contributed by atoms with Crippen LogP contribution in [0.1, 0.15) is 22.7 Å². The van der Waals surface area contributed by atoms with Gasteiger partial charge in [0.15, 0.2) is 0 Å². The molecule has 3 heteroatoms. The maximum atomic E-state index is 9.38. The first-order valence-corrected chi connectivity index (χ1v) is 7.54. The van der Waals surface area contributed by atoms with E-state index in [1.165, 1.54) is 11.8 Å². The van der Waals surface area contributed by atoms with Crippen LogP contribution in [0, 0.1) is 0 Å².